The van der Waals surface area contributed by atoms with E-state index in [1.165, 1.54) is 6.07 Å². The summed E-state index contributed by atoms with van der Waals surface area (Å²) in [6.07, 6.45) is -4.43. The fraction of sp³-hybridized carbons (Fsp3) is 0.375. The quantitative estimate of drug-likeness (QED) is 0.579. The van der Waals surface area contributed by atoms with Crippen molar-refractivity contribution in [1.82, 2.24) is 20.2 Å². The van der Waals surface area contributed by atoms with Gasteiger partial charge in [-0.05, 0) is 29.2 Å². The number of carbonyl (C=O) groups excluding carboxylic acids is 2. The second-order valence-corrected chi connectivity index (χ2v) is 8.81. The van der Waals surface area contributed by atoms with Crippen molar-refractivity contribution in [3.63, 3.8) is 0 Å². The molecule has 1 fully saturated rings. The number of fused-ring (bicyclic) bond motifs is 1. The van der Waals surface area contributed by atoms with Crippen molar-refractivity contribution in [2.75, 3.05) is 13.1 Å². The number of hydrogen-bond acceptors (Lipinski definition) is 3. The Kier molecular flexibility index (Phi) is 6.14. The van der Waals surface area contributed by atoms with Crippen LogP contribution in [0.5, 0.6) is 0 Å². The van der Waals surface area contributed by atoms with E-state index in [9.17, 15) is 22.8 Å². The predicted octanol–water partition coefficient (Wildman–Crippen LogP) is 4.29. The summed E-state index contributed by atoms with van der Waals surface area (Å²) in [4.78, 5) is 33.1. The van der Waals surface area contributed by atoms with Gasteiger partial charge in [-0.15, -0.1) is 0 Å². The van der Waals surface area contributed by atoms with Gasteiger partial charge in [0.2, 0.25) is 17.6 Å². The molecule has 1 saturated heterocycles. The van der Waals surface area contributed by atoms with Crippen LogP contribution in [0.25, 0.3) is 11.0 Å². The zero-order valence-electron chi connectivity index (χ0n) is 18.3. The first kappa shape index (κ1) is 22.8. The maximum absolute atomic E-state index is 13.1. The molecular formula is C24H25F3N4O2. The third-order valence-electron chi connectivity index (χ3n) is 5.70. The van der Waals surface area contributed by atoms with Crippen molar-refractivity contribution in [3.8, 4) is 0 Å². The fourth-order valence-electron chi connectivity index (χ4n) is 4.17. The molecule has 33 heavy (non-hydrogen) atoms. The molecule has 9 heteroatoms. The number of likely N-dealkylation sites (tertiary alicyclic amines) is 1. The van der Waals surface area contributed by atoms with Crippen molar-refractivity contribution in [2.24, 2.45) is 11.8 Å². The van der Waals surface area contributed by atoms with Crippen molar-refractivity contribution < 1.29 is 22.8 Å². The van der Waals surface area contributed by atoms with Crippen LogP contribution in [0.4, 0.5) is 13.2 Å². The van der Waals surface area contributed by atoms with Crippen LogP contribution in [0, 0.1) is 11.8 Å². The number of hydrogen-bond donors (Lipinski definition) is 2. The van der Waals surface area contributed by atoms with Crippen LogP contribution >= 0.6 is 0 Å². The maximum atomic E-state index is 13.1. The molecule has 2 heterocycles. The minimum absolute atomic E-state index is 0.0429. The number of alkyl halides is 3. The van der Waals surface area contributed by atoms with Crippen LogP contribution in [0.3, 0.4) is 0 Å². The number of rotatable bonds is 6. The molecule has 1 aliphatic heterocycles. The highest BCUT2D eigenvalue weighted by molar-refractivity contribution is 5.89. The first-order chi connectivity index (χ1) is 15.6. The first-order valence-corrected chi connectivity index (χ1v) is 10.8. The molecule has 2 atom stereocenters. The Balaban J connectivity index is 1.61. The van der Waals surface area contributed by atoms with Crippen molar-refractivity contribution >= 4 is 22.8 Å². The summed E-state index contributed by atoms with van der Waals surface area (Å²) in [5, 5.41) is 3.01. The van der Waals surface area contributed by atoms with Crippen LogP contribution in [0.2, 0.25) is 0 Å². The number of benzene rings is 2. The zero-order valence-corrected chi connectivity index (χ0v) is 18.3. The topological polar surface area (TPSA) is 78.1 Å². The Bertz CT molecular complexity index is 1160. The Morgan fingerprint density at radius 2 is 1.91 bits per heavy atom. The summed E-state index contributed by atoms with van der Waals surface area (Å²) in [5.41, 5.74) is 1.82. The van der Waals surface area contributed by atoms with E-state index in [0.29, 0.717) is 24.6 Å². The molecule has 6 nitrogen and oxygen atoms in total. The lowest BCUT2D eigenvalue weighted by atomic mass is 9.97. The van der Waals surface area contributed by atoms with Crippen molar-refractivity contribution in [3.05, 3.63) is 65.5 Å². The number of nitrogens with one attached hydrogen (secondary N) is 2. The molecule has 174 valence electrons. The predicted molar refractivity (Wildman–Crippen MR) is 117 cm³/mol. The van der Waals surface area contributed by atoms with Crippen LogP contribution in [-0.4, -0.2) is 39.8 Å². The summed E-state index contributed by atoms with van der Waals surface area (Å²) in [6.45, 7) is 4.99. The number of carbonyl (C=O) groups is 2. The Hall–Kier alpha value is -3.36. The van der Waals surface area contributed by atoms with Crippen molar-refractivity contribution in [2.45, 2.75) is 32.5 Å². The SMILES string of the molecule is CC(C)CN1C[C@@H](C(=O)N[C@@H](c2ccccc2)c2ccc3nc(C(F)(F)F)[nH]c3c2)CC1=O. The smallest absolute Gasteiger partial charge is 0.345 e. The summed E-state index contributed by atoms with van der Waals surface area (Å²) >= 11 is 0. The van der Waals surface area contributed by atoms with Gasteiger partial charge in [-0.3, -0.25) is 9.59 Å². The second kappa shape index (κ2) is 8.88. The van der Waals surface area contributed by atoms with Gasteiger partial charge in [-0.25, -0.2) is 4.98 Å². The molecule has 0 radical (unpaired) electrons. The van der Waals surface area contributed by atoms with Gasteiger partial charge in [0.25, 0.3) is 0 Å². The van der Waals surface area contributed by atoms with Gasteiger partial charge in [-0.1, -0.05) is 50.2 Å². The number of imidazole rings is 1. The standard InChI is InChI=1S/C24H25F3N4O2/c1-14(2)12-31-13-17(11-20(31)32)22(33)30-21(15-6-4-3-5-7-15)16-8-9-18-19(10-16)29-23(28-18)24(25,26)27/h3-10,14,17,21H,11-13H2,1-2H3,(H,28,29)(H,30,33)/t17-,21-/m0/s1. The van der Waals surface area contributed by atoms with Gasteiger partial charge in [0.1, 0.15) is 0 Å². The van der Waals surface area contributed by atoms with E-state index in [0.717, 1.165) is 5.56 Å². The van der Waals surface area contributed by atoms with E-state index in [1.54, 1.807) is 17.0 Å². The van der Waals surface area contributed by atoms with E-state index >= 15 is 0 Å². The van der Waals surface area contributed by atoms with Gasteiger partial charge in [0, 0.05) is 19.5 Å². The molecule has 0 aliphatic carbocycles. The number of halogens is 3. The lowest BCUT2D eigenvalue weighted by Gasteiger charge is -2.22. The van der Waals surface area contributed by atoms with Gasteiger partial charge >= 0.3 is 6.18 Å². The lowest BCUT2D eigenvalue weighted by molar-refractivity contribution is -0.144. The Morgan fingerprint density at radius 3 is 2.58 bits per heavy atom. The average Bonchev–Trinajstić information content (AvgIpc) is 3.35. The number of nitrogens with zero attached hydrogens (tertiary/aromatic N) is 2. The number of aromatic nitrogens is 2. The molecule has 2 aromatic carbocycles. The summed E-state index contributed by atoms with van der Waals surface area (Å²) in [6, 6.07) is 13.3. The molecule has 0 unspecified atom stereocenters. The van der Waals surface area contributed by atoms with Gasteiger partial charge in [0.15, 0.2) is 0 Å². The summed E-state index contributed by atoms with van der Waals surface area (Å²) < 4.78 is 39.2. The first-order valence-electron chi connectivity index (χ1n) is 10.8. The third kappa shape index (κ3) is 5.02. The van der Waals surface area contributed by atoms with Gasteiger partial charge < -0.3 is 15.2 Å². The molecule has 1 aromatic heterocycles. The zero-order chi connectivity index (χ0) is 23.8. The highest BCUT2D eigenvalue weighted by Gasteiger charge is 2.36. The molecular weight excluding hydrogens is 433 g/mol. The summed E-state index contributed by atoms with van der Waals surface area (Å²) in [5.74, 6) is -1.54. The minimum atomic E-state index is -4.58. The van der Waals surface area contributed by atoms with Crippen LogP contribution in [0.1, 0.15) is 43.3 Å². The molecule has 0 bridgehead atoms. The van der Waals surface area contributed by atoms with E-state index in [2.05, 4.69) is 15.3 Å². The second-order valence-electron chi connectivity index (χ2n) is 8.81. The molecule has 2 N–H and O–H groups in total. The molecule has 0 saturated carbocycles. The Labute approximate surface area is 189 Å². The van der Waals surface area contributed by atoms with E-state index in [4.69, 9.17) is 0 Å². The van der Waals surface area contributed by atoms with Crippen LogP contribution in [0.15, 0.2) is 48.5 Å². The molecule has 1 aliphatic rings. The van der Waals surface area contributed by atoms with E-state index < -0.39 is 24.0 Å². The maximum Gasteiger partial charge on any atom is 0.449 e. The van der Waals surface area contributed by atoms with Gasteiger partial charge in [-0.2, -0.15) is 13.2 Å². The number of amides is 2. The molecule has 4 rings (SSSR count). The fourth-order valence-corrected chi connectivity index (χ4v) is 4.17. The lowest BCUT2D eigenvalue weighted by Crippen LogP contribution is -2.36. The average molecular weight is 458 g/mol. The highest BCUT2D eigenvalue weighted by Crippen LogP contribution is 2.31. The number of H-pyrrole nitrogens is 1. The van der Waals surface area contributed by atoms with Gasteiger partial charge in [0.05, 0.1) is 23.0 Å². The largest absolute Gasteiger partial charge is 0.449 e. The monoisotopic (exact) mass is 458 g/mol. The Morgan fingerprint density at radius 1 is 1.18 bits per heavy atom. The summed E-state index contributed by atoms with van der Waals surface area (Å²) in [7, 11) is 0. The minimum Gasteiger partial charge on any atom is -0.345 e. The molecule has 0 spiro atoms. The highest BCUT2D eigenvalue weighted by atomic mass is 19.4. The van der Waals surface area contributed by atoms with E-state index in [-0.39, 0.29) is 29.3 Å². The molecule has 3 aromatic rings. The van der Waals surface area contributed by atoms with E-state index in [1.807, 2.05) is 44.2 Å². The van der Waals surface area contributed by atoms with Crippen molar-refractivity contribution in [1.29, 1.82) is 0 Å². The normalized spacial score (nSPS) is 17.7. The third-order valence-corrected chi connectivity index (χ3v) is 5.70. The van der Waals surface area contributed by atoms with Crippen LogP contribution in [-0.2, 0) is 15.8 Å². The number of aromatic amines is 1. The van der Waals surface area contributed by atoms with Crippen LogP contribution < -0.4 is 5.32 Å². The molecule has 2 amide bonds.